The van der Waals surface area contributed by atoms with Gasteiger partial charge in [-0.15, -0.1) is 0 Å². The van der Waals surface area contributed by atoms with Crippen molar-refractivity contribution >= 4 is 11.8 Å². The number of ether oxygens (including phenoxy) is 1. The molecule has 92 valence electrons. The highest BCUT2D eigenvalue weighted by Crippen LogP contribution is 2.31. The summed E-state index contributed by atoms with van der Waals surface area (Å²) in [6, 6.07) is 0. The zero-order chi connectivity index (χ0) is 12.0. The Labute approximate surface area is 96.0 Å². The van der Waals surface area contributed by atoms with Gasteiger partial charge in [0.2, 0.25) is 0 Å². The monoisotopic (exact) mass is 228 g/mol. The standard InChI is InChI=1S/C12H20O4/c1-2-3-4-5-7-12(11(14)15)9-16-8-6-10(12)13/h2-9H2,1H3,(H,14,15). The van der Waals surface area contributed by atoms with E-state index >= 15 is 0 Å². The number of Topliss-reactive ketones (excluding diaryl/α,β-unsaturated/α-hetero) is 1. The van der Waals surface area contributed by atoms with Gasteiger partial charge in [-0.05, 0) is 6.42 Å². The average molecular weight is 228 g/mol. The number of carbonyl (C=O) groups is 2. The molecule has 0 aliphatic carbocycles. The molecule has 0 aromatic heterocycles. The van der Waals surface area contributed by atoms with Crippen molar-refractivity contribution in [3.8, 4) is 0 Å². The maximum Gasteiger partial charge on any atom is 0.319 e. The van der Waals surface area contributed by atoms with Crippen LogP contribution in [0.2, 0.25) is 0 Å². The van der Waals surface area contributed by atoms with E-state index in [0.717, 1.165) is 25.7 Å². The molecule has 4 heteroatoms. The van der Waals surface area contributed by atoms with E-state index in [2.05, 4.69) is 6.92 Å². The Morgan fingerprint density at radius 1 is 1.44 bits per heavy atom. The van der Waals surface area contributed by atoms with Gasteiger partial charge < -0.3 is 9.84 Å². The molecular formula is C12H20O4. The Morgan fingerprint density at radius 3 is 2.75 bits per heavy atom. The second-order valence-electron chi connectivity index (χ2n) is 4.42. The largest absolute Gasteiger partial charge is 0.480 e. The zero-order valence-electron chi connectivity index (χ0n) is 9.83. The molecule has 1 N–H and O–H groups in total. The van der Waals surface area contributed by atoms with E-state index in [0.29, 0.717) is 13.0 Å². The van der Waals surface area contributed by atoms with Crippen molar-refractivity contribution in [3.63, 3.8) is 0 Å². The van der Waals surface area contributed by atoms with Gasteiger partial charge in [0.05, 0.1) is 13.2 Å². The van der Waals surface area contributed by atoms with Crippen LogP contribution < -0.4 is 0 Å². The molecule has 4 nitrogen and oxygen atoms in total. The number of carbonyl (C=O) groups excluding carboxylic acids is 1. The molecule has 0 aromatic rings. The molecule has 1 unspecified atom stereocenters. The van der Waals surface area contributed by atoms with E-state index in [1.54, 1.807) is 0 Å². The van der Waals surface area contributed by atoms with E-state index in [1.807, 2.05) is 0 Å². The average Bonchev–Trinajstić information content (AvgIpc) is 2.26. The highest BCUT2D eigenvalue weighted by atomic mass is 16.5. The molecule has 1 saturated heterocycles. The highest BCUT2D eigenvalue weighted by Gasteiger charge is 2.47. The van der Waals surface area contributed by atoms with Crippen LogP contribution in [0.5, 0.6) is 0 Å². The van der Waals surface area contributed by atoms with Crippen LogP contribution in [0.4, 0.5) is 0 Å². The molecule has 0 amide bonds. The quantitative estimate of drug-likeness (QED) is 0.558. The maximum atomic E-state index is 11.8. The molecule has 0 saturated carbocycles. The minimum absolute atomic E-state index is 0.0489. The van der Waals surface area contributed by atoms with Gasteiger partial charge in [0.15, 0.2) is 5.78 Å². The van der Waals surface area contributed by atoms with Gasteiger partial charge in [0, 0.05) is 6.42 Å². The van der Waals surface area contributed by atoms with Gasteiger partial charge in [-0.1, -0.05) is 32.6 Å². The van der Waals surface area contributed by atoms with Crippen LogP contribution in [0.1, 0.15) is 45.4 Å². The number of rotatable bonds is 6. The fourth-order valence-corrected chi connectivity index (χ4v) is 2.08. The minimum Gasteiger partial charge on any atom is -0.480 e. The van der Waals surface area contributed by atoms with E-state index in [1.165, 1.54) is 0 Å². The lowest BCUT2D eigenvalue weighted by atomic mass is 9.77. The minimum atomic E-state index is -1.26. The third kappa shape index (κ3) is 2.82. The molecule has 0 aromatic carbocycles. The van der Waals surface area contributed by atoms with Crippen LogP contribution in [0.25, 0.3) is 0 Å². The lowest BCUT2D eigenvalue weighted by Crippen LogP contribution is -2.47. The van der Waals surface area contributed by atoms with E-state index < -0.39 is 11.4 Å². The van der Waals surface area contributed by atoms with Gasteiger partial charge in [0.1, 0.15) is 5.41 Å². The number of hydrogen-bond donors (Lipinski definition) is 1. The van der Waals surface area contributed by atoms with Gasteiger partial charge in [-0.25, -0.2) is 0 Å². The maximum absolute atomic E-state index is 11.8. The van der Waals surface area contributed by atoms with Crippen LogP contribution in [-0.2, 0) is 14.3 Å². The Kier molecular flexibility index (Phi) is 4.93. The molecule has 0 radical (unpaired) electrons. The van der Waals surface area contributed by atoms with Crippen LogP contribution in [0, 0.1) is 5.41 Å². The van der Waals surface area contributed by atoms with E-state index in [9.17, 15) is 14.7 Å². The van der Waals surface area contributed by atoms with Gasteiger partial charge >= 0.3 is 5.97 Å². The summed E-state index contributed by atoms with van der Waals surface area (Å²) >= 11 is 0. The normalized spacial score (nSPS) is 25.7. The van der Waals surface area contributed by atoms with Gasteiger partial charge in [0.25, 0.3) is 0 Å². The summed E-state index contributed by atoms with van der Waals surface area (Å²) in [5.74, 6) is -1.18. The zero-order valence-corrected chi connectivity index (χ0v) is 9.83. The molecule has 1 atom stereocenters. The van der Waals surface area contributed by atoms with Crippen molar-refractivity contribution in [1.82, 2.24) is 0 Å². The SMILES string of the molecule is CCCCCCC1(C(=O)O)COCCC1=O. The number of ketones is 1. The van der Waals surface area contributed by atoms with Crippen molar-refractivity contribution in [1.29, 1.82) is 0 Å². The summed E-state index contributed by atoms with van der Waals surface area (Å²) in [5, 5.41) is 9.21. The smallest absolute Gasteiger partial charge is 0.319 e. The van der Waals surface area contributed by atoms with Crippen LogP contribution in [-0.4, -0.2) is 30.1 Å². The summed E-state index contributed by atoms with van der Waals surface area (Å²) in [6.45, 7) is 2.51. The summed E-state index contributed by atoms with van der Waals surface area (Å²) in [6.07, 6.45) is 4.62. The third-order valence-corrected chi connectivity index (χ3v) is 3.22. The van der Waals surface area contributed by atoms with Gasteiger partial charge in [-0.3, -0.25) is 9.59 Å². The molecule has 1 rings (SSSR count). The molecule has 1 fully saturated rings. The Balaban J connectivity index is 2.57. The lowest BCUT2D eigenvalue weighted by Gasteiger charge is -2.31. The Morgan fingerprint density at radius 2 is 2.19 bits per heavy atom. The van der Waals surface area contributed by atoms with E-state index in [-0.39, 0.29) is 18.8 Å². The predicted octanol–water partition coefficient (Wildman–Crippen LogP) is 2.02. The van der Waals surface area contributed by atoms with Gasteiger partial charge in [-0.2, -0.15) is 0 Å². The Hall–Kier alpha value is -0.900. The first-order chi connectivity index (χ1) is 7.63. The van der Waals surface area contributed by atoms with E-state index in [4.69, 9.17) is 4.74 Å². The van der Waals surface area contributed by atoms with Crippen molar-refractivity contribution in [3.05, 3.63) is 0 Å². The summed E-state index contributed by atoms with van der Waals surface area (Å²) < 4.78 is 5.17. The van der Waals surface area contributed by atoms with Crippen molar-refractivity contribution < 1.29 is 19.4 Å². The molecule has 1 aliphatic heterocycles. The topological polar surface area (TPSA) is 63.6 Å². The molecule has 1 aliphatic rings. The van der Waals surface area contributed by atoms with Crippen LogP contribution in [0.3, 0.4) is 0 Å². The number of aliphatic carboxylic acids is 1. The fourth-order valence-electron chi connectivity index (χ4n) is 2.08. The number of carboxylic acid groups (broad SMARTS) is 1. The summed E-state index contributed by atoms with van der Waals surface area (Å²) in [7, 11) is 0. The van der Waals surface area contributed by atoms with Crippen molar-refractivity contribution in [2.24, 2.45) is 5.41 Å². The van der Waals surface area contributed by atoms with Crippen molar-refractivity contribution in [2.45, 2.75) is 45.4 Å². The fraction of sp³-hybridized carbons (Fsp3) is 0.833. The molecule has 1 heterocycles. The van der Waals surface area contributed by atoms with Crippen LogP contribution >= 0.6 is 0 Å². The second-order valence-corrected chi connectivity index (χ2v) is 4.42. The first-order valence-corrected chi connectivity index (χ1v) is 5.98. The lowest BCUT2D eigenvalue weighted by molar-refractivity contribution is -0.165. The highest BCUT2D eigenvalue weighted by molar-refractivity contribution is 6.03. The molecule has 0 spiro atoms. The first kappa shape index (κ1) is 13.2. The summed E-state index contributed by atoms with van der Waals surface area (Å²) in [4.78, 5) is 23.0. The second kappa shape index (κ2) is 5.99. The molecular weight excluding hydrogens is 208 g/mol. The number of hydrogen-bond acceptors (Lipinski definition) is 3. The van der Waals surface area contributed by atoms with Crippen LogP contribution in [0.15, 0.2) is 0 Å². The first-order valence-electron chi connectivity index (χ1n) is 5.98. The van der Waals surface area contributed by atoms with Crippen molar-refractivity contribution in [2.75, 3.05) is 13.2 Å². The molecule has 0 bridgehead atoms. The number of carboxylic acids is 1. The number of unbranched alkanes of at least 4 members (excludes halogenated alkanes) is 3. The Bertz CT molecular complexity index is 262. The molecule has 16 heavy (non-hydrogen) atoms. The third-order valence-electron chi connectivity index (χ3n) is 3.22. The summed E-state index contributed by atoms with van der Waals surface area (Å²) in [5.41, 5.74) is -1.26. The predicted molar refractivity (Wildman–Crippen MR) is 59.3 cm³/mol.